The quantitative estimate of drug-likeness (QED) is 0.537. The number of aromatic nitrogens is 1. The van der Waals surface area contributed by atoms with Gasteiger partial charge in [-0.05, 0) is 24.6 Å². The van der Waals surface area contributed by atoms with E-state index in [9.17, 15) is 4.79 Å². The molecule has 1 aromatic heterocycles. The van der Waals surface area contributed by atoms with Gasteiger partial charge in [-0.15, -0.1) is 0 Å². The molecule has 0 saturated heterocycles. The number of benzene rings is 2. The first-order chi connectivity index (χ1) is 10.3. The fourth-order valence-corrected chi connectivity index (χ4v) is 2.48. The van der Waals surface area contributed by atoms with Crippen LogP contribution in [0.4, 0.5) is 0 Å². The van der Waals surface area contributed by atoms with Crippen LogP contribution in [0.1, 0.15) is 15.9 Å². The molecule has 1 heterocycles. The van der Waals surface area contributed by atoms with E-state index in [2.05, 4.69) is 22.4 Å². The third kappa shape index (κ3) is 3.20. The molecule has 0 amide bonds. The van der Waals surface area contributed by atoms with Crippen LogP contribution in [0.3, 0.4) is 0 Å². The van der Waals surface area contributed by atoms with Crippen molar-refractivity contribution >= 4 is 16.7 Å². The Bertz CT molecular complexity index is 731. The average molecular weight is 278 g/mol. The molecule has 0 radical (unpaired) electrons. The Labute approximate surface area is 124 Å². The number of hydrogen-bond acceptors (Lipinski definition) is 2. The van der Waals surface area contributed by atoms with Crippen LogP contribution in [-0.4, -0.2) is 23.9 Å². The molecule has 0 aliphatic heterocycles. The number of para-hydroxylation sites is 1. The van der Waals surface area contributed by atoms with Crippen LogP contribution in [0, 0.1) is 0 Å². The number of nitrogens with one attached hydrogen (secondary N) is 2. The van der Waals surface area contributed by atoms with Crippen molar-refractivity contribution in [3.63, 3.8) is 0 Å². The Morgan fingerprint density at radius 1 is 1.00 bits per heavy atom. The number of carbonyl (C=O) groups is 1. The minimum Gasteiger partial charge on any atom is -0.360 e. The van der Waals surface area contributed by atoms with Gasteiger partial charge in [-0.2, -0.15) is 0 Å². The van der Waals surface area contributed by atoms with E-state index in [1.165, 1.54) is 5.56 Å². The Morgan fingerprint density at radius 2 is 1.76 bits per heavy atom. The molecule has 106 valence electrons. The summed E-state index contributed by atoms with van der Waals surface area (Å²) < 4.78 is 0. The van der Waals surface area contributed by atoms with E-state index < -0.39 is 0 Å². The number of Topliss-reactive ketones (excluding diaryl/α,β-unsaturated/α-hetero) is 1. The van der Waals surface area contributed by atoms with Crippen molar-refractivity contribution in [1.29, 1.82) is 0 Å². The summed E-state index contributed by atoms with van der Waals surface area (Å²) in [4.78, 5) is 15.4. The molecule has 0 saturated carbocycles. The van der Waals surface area contributed by atoms with Gasteiger partial charge in [-0.1, -0.05) is 48.5 Å². The Kier molecular flexibility index (Phi) is 4.12. The van der Waals surface area contributed by atoms with Gasteiger partial charge in [0.2, 0.25) is 0 Å². The van der Waals surface area contributed by atoms with Gasteiger partial charge < -0.3 is 10.3 Å². The van der Waals surface area contributed by atoms with Crippen LogP contribution in [0.2, 0.25) is 0 Å². The van der Waals surface area contributed by atoms with Crippen molar-refractivity contribution < 1.29 is 4.79 Å². The standard InChI is InChI=1S/C18H18N2O/c21-18(13-19-11-10-14-6-2-1-3-7-14)16-12-20-17-9-5-4-8-15(16)17/h1-9,12,19-20H,10-11,13H2. The first kappa shape index (κ1) is 13.6. The zero-order chi connectivity index (χ0) is 14.5. The summed E-state index contributed by atoms with van der Waals surface area (Å²) in [5.74, 6) is 0.125. The van der Waals surface area contributed by atoms with Crippen molar-refractivity contribution in [2.75, 3.05) is 13.1 Å². The summed E-state index contributed by atoms with van der Waals surface area (Å²) in [6, 6.07) is 18.2. The molecule has 2 N–H and O–H groups in total. The lowest BCUT2D eigenvalue weighted by Crippen LogP contribution is -2.25. The zero-order valence-electron chi connectivity index (χ0n) is 11.8. The lowest BCUT2D eigenvalue weighted by molar-refractivity contribution is 0.0993. The summed E-state index contributed by atoms with van der Waals surface area (Å²) >= 11 is 0. The predicted molar refractivity (Wildman–Crippen MR) is 85.6 cm³/mol. The number of rotatable bonds is 6. The van der Waals surface area contributed by atoms with E-state index in [4.69, 9.17) is 0 Å². The lowest BCUT2D eigenvalue weighted by Gasteiger charge is -2.04. The van der Waals surface area contributed by atoms with Crippen LogP contribution < -0.4 is 5.32 Å². The highest BCUT2D eigenvalue weighted by atomic mass is 16.1. The molecule has 0 aliphatic rings. The van der Waals surface area contributed by atoms with Crippen molar-refractivity contribution in [3.05, 3.63) is 71.9 Å². The molecular formula is C18H18N2O. The highest BCUT2D eigenvalue weighted by molar-refractivity contribution is 6.08. The fraction of sp³-hybridized carbons (Fsp3) is 0.167. The molecule has 0 unspecified atom stereocenters. The first-order valence-electron chi connectivity index (χ1n) is 7.18. The number of ketones is 1. The zero-order valence-corrected chi connectivity index (χ0v) is 11.8. The second kappa shape index (κ2) is 6.37. The van der Waals surface area contributed by atoms with Crippen LogP contribution in [-0.2, 0) is 6.42 Å². The molecule has 0 aliphatic carbocycles. The molecule has 3 aromatic rings. The smallest absolute Gasteiger partial charge is 0.178 e. The molecule has 3 rings (SSSR count). The second-order valence-corrected chi connectivity index (χ2v) is 5.08. The summed E-state index contributed by atoms with van der Waals surface area (Å²) in [5.41, 5.74) is 3.05. The van der Waals surface area contributed by atoms with Crippen molar-refractivity contribution in [2.24, 2.45) is 0 Å². The molecule has 0 spiro atoms. The minimum atomic E-state index is 0.125. The molecular weight excluding hydrogens is 260 g/mol. The summed E-state index contributed by atoms with van der Waals surface area (Å²) in [6.45, 7) is 1.17. The summed E-state index contributed by atoms with van der Waals surface area (Å²) in [7, 11) is 0. The van der Waals surface area contributed by atoms with E-state index in [1.807, 2.05) is 42.5 Å². The van der Waals surface area contributed by atoms with E-state index in [0.717, 1.165) is 29.4 Å². The van der Waals surface area contributed by atoms with E-state index in [1.54, 1.807) is 6.20 Å². The van der Waals surface area contributed by atoms with E-state index in [0.29, 0.717) is 6.54 Å². The van der Waals surface area contributed by atoms with Gasteiger partial charge in [0.1, 0.15) is 0 Å². The molecule has 0 bridgehead atoms. The highest BCUT2D eigenvalue weighted by Crippen LogP contribution is 2.17. The van der Waals surface area contributed by atoms with Crippen molar-refractivity contribution in [3.8, 4) is 0 Å². The van der Waals surface area contributed by atoms with Crippen LogP contribution >= 0.6 is 0 Å². The normalized spacial score (nSPS) is 10.9. The van der Waals surface area contributed by atoms with Crippen molar-refractivity contribution in [2.45, 2.75) is 6.42 Å². The topological polar surface area (TPSA) is 44.9 Å². The number of fused-ring (bicyclic) bond motifs is 1. The van der Waals surface area contributed by atoms with Gasteiger partial charge >= 0.3 is 0 Å². The van der Waals surface area contributed by atoms with Gasteiger partial charge in [-0.25, -0.2) is 0 Å². The summed E-state index contributed by atoms with van der Waals surface area (Å²) in [5, 5.41) is 4.22. The van der Waals surface area contributed by atoms with E-state index in [-0.39, 0.29) is 5.78 Å². The predicted octanol–water partition coefficient (Wildman–Crippen LogP) is 3.18. The second-order valence-electron chi connectivity index (χ2n) is 5.08. The molecule has 3 heteroatoms. The maximum absolute atomic E-state index is 12.2. The van der Waals surface area contributed by atoms with Gasteiger partial charge in [0, 0.05) is 22.7 Å². The molecule has 0 fully saturated rings. The van der Waals surface area contributed by atoms with Crippen LogP contribution in [0.15, 0.2) is 60.8 Å². The maximum Gasteiger partial charge on any atom is 0.178 e. The largest absolute Gasteiger partial charge is 0.360 e. The van der Waals surface area contributed by atoms with E-state index >= 15 is 0 Å². The number of hydrogen-bond donors (Lipinski definition) is 2. The van der Waals surface area contributed by atoms with Gasteiger partial charge in [-0.3, -0.25) is 4.79 Å². The third-order valence-corrected chi connectivity index (χ3v) is 3.61. The molecule has 3 nitrogen and oxygen atoms in total. The summed E-state index contributed by atoms with van der Waals surface area (Å²) in [6.07, 6.45) is 2.73. The van der Waals surface area contributed by atoms with Crippen LogP contribution in [0.25, 0.3) is 10.9 Å². The van der Waals surface area contributed by atoms with Gasteiger partial charge in [0.25, 0.3) is 0 Å². The Hall–Kier alpha value is -2.39. The molecule has 0 atom stereocenters. The highest BCUT2D eigenvalue weighted by Gasteiger charge is 2.10. The Balaban J connectivity index is 1.55. The first-order valence-corrected chi connectivity index (χ1v) is 7.18. The maximum atomic E-state index is 12.2. The monoisotopic (exact) mass is 278 g/mol. The number of H-pyrrole nitrogens is 1. The lowest BCUT2D eigenvalue weighted by atomic mass is 10.1. The molecule has 2 aromatic carbocycles. The van der Waals surface area contributed by atoms with Gasteiger partial charge in [0.05, 0.1) is 6.54 Å². The van der Waals surface area contributed by atoms with Crippen LogP contribution in [0.5, 0.6) is 0 Å². The number of carbonyl (C=O) groups excluding carboxylic acids is 1. The van der Waals surface area contributed by atoms with Gasteiger partial charge in [0.15, 0.2) is 5.78 Å². The minimum absolute atomic E-state index is 0.125. The van der Waals surface area contributed by atoms with Crippen molar-refractivity contribution in [1.82, 2.24) is 10.3 Å². The fourth-order valence-electron chi connectivity index (χ4n) is 2.48. The average Bonchev–Trinajstić information content (AvgIpc) is 2.96. The SMILES string of the molecule is O=C(CNCCc1ccccc1)c1c[nH]c2ccccc12. The third-order valence-electron chi connectivity index (χ3n) is 3.61. The number of aromatic amines is 1. The Morgan fingerprint density at radius 3 is 2.62 bits per heavy atom. The molecule has 21 heavy (non-hydrogen) atoms.